The van der Waals surface area contributed by atoms with Crippen LogP contribution in [0.2, 0.25) is 0 Å². The van der Waals surface area contributed by atoms with Crippen molar-refractivity contribution in [3.05, 3.63) is 46.4 Å². The van der Waals surface area contributed by atoms with E-state index in [2.05, 4.69) is 27.5 Å². The van der Waals surface area contributed by atoms with Gasteiger partial charge in [0.15, 0.2) is 4.34 Å². The molecule has 0 spiro atoms. The molecule has 1 aromatic carbocycles. The minimum Gasteiger partial charge on any atom is -0.325 e. The lowest BCUT2D eigenvalue weighted by molar-refractivity contribution is -0.113. The van der Waals surface area contributed by atoms with Crippen LogP contribution in [0.3, 0.4) is 0 Å². The standard InChI is InChI=1S/C14H13N5O2S2/c1-2-9-3-5-10(6-4-9)16-11(20)8-22-14-18-19-12(21)7-15-17-13(19)23-14/h3-7H,2,8H2,1H3,(H,16,20). The fraction of sp³-hybridized carbons (Fsp3) is 0.214. The topological polar surface area (TPSA) is 89.3 Å². The third-order valence-corrected chi connectivity index (χ3v) is 5.07. The molecule has 0 aliphatic carbocycles. The van der Waals surface area contributed by atoms with Crippen LogP contribution in [-0.2, 0) is 11.2 Å². The molecule has 0 aliphatic rings. The van der Waals surface area contributed by atoms with Crippen molar-refractivity contribution in [3.63, 3.8) is 0 Å². The minimum absolute atomic E-state index is 0.128. The molecule has 1 amide bonds. The van der Waals surface area contributed by atoms with E-state index in [9.17, 15) is 9.59 Å². The van der Waals surface area contributed by atoms with E-state index in [0.717, 1.165) is 18.3 Å². The summed E-state index contributed by atoms with van der Waals surface area (Å²) in [5.74, 6) is 0.0780. The molecule has 0 fully saturated rings. The summed E-state index contributed by atoms with van der Waals surface area (Å²) in [5, 5.41) is 14.4. The van der Waals surface area contributed by atoms with Gasteiger partial charge in [-0.2, -0.15) is 9.61 Å². The average Bonchev–Trinajstić information content (AvgIpc) is 2.98. The van der Waals surface area contributed by atoms with Gasteiger partial charge in [-0.15, -0.1) is 10.2 Å². The highest BCUT2D eigenvalue weighted by Gasteiger charge is 2.10. The Morgan fingerprint density at radius 3 is 2.83 bits per heavy atom. The molecule has 0 unspecified atom stereocenters. The van der Waals surface area contributed by atoms with Gasteiger partial charge in [0.1, 0.15) is 6.20 Å². The second kappa shape index (κ2) is 6.88. The molecular formula is C14H13N5O2S2. The van der Waals surface area contributed by atoms with Crippen LogP contribution >= 0.6 is 23.1 Å². The van der Waals surface area contributed by atoms with Gasteiger partial charge in [0.2, 0.25) is 10.9 Å². The van der Waals surface area contributed by atoms with Crippen molar-refractivity contribution in [2.75, 3.05) is 11.1 Å². The maximum Gasteiger partial charge on any atom is 0.293 e. The van der Waals surface area contributed by atoms with Gasteiger partial charge in [-0.05, 0) is 24.1 Å². The van der Waals surface area contributed by atoms with E-state index in [1.807, 2.05) is 24.3 Å². The molecule has 7 nitrogen and oxygen atoms in total. The summed E-state index contributed by atoms with van der Waals surface area (Å²) in [7, 11) is 0. The van der Waals surface area contributed by atoms with Crippen molar-refractivity contribution in [2.24, 2.45) is 0 Å². The Morgan fingerprint density at radius 2 is 2.13 bits per heavy atom. The number of anilines is 1. The molecule has 118 valence electrons. The highest BCUT2D eigenvalue weighted by atomic mass is 32.2. The monoisotopic (exact) mass is 347 g/mol. The number of amides is 1. The number of rotatable bonds is 5. The minimum atomic E-state index is -0.335. The lowest BCUT2D eigenvalue weighted by atomic mass is 10.1. The van der Waals surface area contributed by atoms with E-state index in [0.29, 0.717) is 9.30 Å². The molecule has 1 N–H and O–H groups in total. The van der Waals surface area contributed by atoms with Crippen LogP contribution in [0, 0.1) is 0 Å². The van der Waals surface area contributed by atoms with Crippen LogP contribution in [-0.4, -0.2) is 31.5 Å². The number of nitrogens with one attached hydrogen (secondary N) is 1. The summed E-state index contributed by atoms with van der Waals surface area (Å²) >= 11 is 2.48. The predicted octanol–water partition coefficient (Wildman–Crippen LogP) is 1.84. The van der Waals surface area contributed by atoms with Gasteiger partial charge in [-0.25, -0.2) is 0 Å². The highest BCUT2D eigenvalue weighted by molar-refractivity contribution is 8.01. The van der Waals surface area contributed by atoms with Crippen molar-refractivity contribution in [2.45, 2.75) is 17.7 Å². The molecule has 3 aromatic rings. The van der Waals surface area contributed by atoms with E-state index in [1.165, 1.54) is 33.2 Å². The molecule has 23 heavy (non-hydrogen) atoms. The van der Waals surface area contributed by atoms with Crippen LogP contribution in [0.1, 0.15) is 12.5 Å². The lowest BCUT2D eigenvalue weighted by Gasteiger charge is -2.04. The zero-order valence-corrected chi connectivity index (χ0v) is 13.9. The number of aromatic nitrogens is 4. The molecule has 0 bridgehead atoms. The third kappa shape index (κ3) is 3.74. The summed E-state index contributed by atoms with van der Waals surface area (Å²) < 4.78 is 1.78. The van der Waals surface area contributed by atoms with E-state index in [-0.39, 0.29) is 17.2 Å². The number of hydrogen-bond donors (Lipinski definition) is 1. The molecule has 0 radical (unpaired) electrons. The smallest absolute Gasteiger partial charge is 0.293 e. The van der Waals surface area contributed by atoms with E-state index in [4.69, 9.17) is 0 Å². The molecule has 0 atom stereocenters. The first-order chi connectivity index (χ1) is 11.2. The number of carbonyl (C=O) groups excluding carboxylic acids is 1. The zero-order valence-electron chi connectivity index (χ0n) is 12.2. The Bertz CT molecular complexity index is 888. The predicted molar refractivity (Wildman–Crippen MR) is 90.1 cm³/mol. The van der Waals surface area contributed by atoms with Crippen LogP contribution < -0.4 is 10.9 Å². The van der Waals surface area contributed by atoms with Crippen molar-refractivity contribution in [1.82, 2.24) is 19.8 Å². The Morgan fingerprint density at radius 1 is 1.35 bits per heavy atom. The number of nitrogens with zero attached hydrogens (tertiary/aromatic N) is 4. The number of carbonyl (C=O) groups is 1. The van der Waals surface area contributed by atoms with Gasteiger partial charge in [-0.3, -0.25) is 9.59 Å². The molecule has 2 heterocycles. The van der Waals surface area contributed by atoms with Crippen molar-refractivity contribution < 1.29 is 4.79 Å². The van der Waals surface area contributed by atoms with Gasteiger partial charge in [0.25, 0.3) is 5.56 Å². The summed E-state index contributed by atoms with van der Waals surface area (Å²) in [6, 6.07) is 7.74. The van der Waals surface area contributed by atoms with E-state index < -0.39 is 0 Å². The molecular weight excluding hydrogens is 334 g/mol. The SMILES string of the molecule is CCc1ccc(NC(=O)CSc2nn3c(=O)cnnc3s2)cc1. The third-order valence-electron chi connectivity index (χ3n) is 3.03. The average molecular weight is 347 g/mol. The quantitative estimate of drug-likeness (QED) is 0.709. The van der Waals surface area contributed by atoms with Crippen molar-refractivity contribution in [3.8, 4) is 0 Å². The normalized spacial score (nSPS) is 10.8. The fourth-order valence-electron chi connectivity index (χ4n) is 1.86. The number of benzene rings is 1. The van der Waals surface area contributed by atoms with Crippen molar-refractivity contribution in [1.29, 1.82) is 0 Å². The number of aryl methyl sites for hydroxylation is 1. The van der Waals surface area contributed by atoms with Crippen LogP contribution in [0.25, 0.3) is 4.96 Å². The molecule has 0 aliphatic heterocycles. The number of fused-ring (bicyclic) bond motifs is 1. The van der Waals surface area contributed by atoms with E-state index in [1.54, 1.807) is 0 Å². The van der Waals surface area contributed by atoms with Gasteiger partial charge < -0.3 is 5.32 Å². The molecule has 9 heteroatoms. The Labute approximate surface area is 139 Å². The first-order valence-electron chi connectivity index (χ1n) is 6.89. The number of hydrogen-bond acceptors (Lipinski definition) is 7. The molecule has 0 saturated carbocycles. The fourth-order valence-corrected chi connectivity index (χ4v) is 3.55. The van der Waals surface area contributed by atoms with E-state index >= 15 is 0 Å². The van der Waals surface area contributed by atoms with Gasteiger partial charge in [0, 0.05) is 5.69 Å². The highest BCUT2D eigenvalue weighted by Crippen LogP contribution is 2.22. The molecule has 2 aromatic heterocycles. The Hall–Kier alpha value is -2.26. The lowest BCUT2D eigenvalue weighted by Crippen LogP contribution is -2.15. The first-order valence-corrected chi connectivity index (χ1v) is 8.69. The second-order valence-electron chi connectivity index (χ2n) is 4.63. The summed E-state index contributed by atoms with van der Waals surface area (Å²) in [4.78, 5) is 23.9. The largest absolute Gasteiger partial charge is 0.325 e. The van der Waals surface area contributed by atoms with Gasteiger partial charge in [0.05, 0.1) is 5.75 Å². The van der Waals surface area contributed by atoms with Crippen LogP contribution in [0.15, 0.2) is 39.6 Å². The maximum absolute atomic E-state index is 12.0. The van der Waals surface area contributed by atoms with Gasteiger partial charge in [-0.1, -0.05) is 42.2 Å². The first kappa shape index (κ1) is 15.6. The second-order valence-corrected chi connectivity index (χ2v) is 6.81. The van der Waals surface area contributed by atoms with Crippen LogP contribution in [0.4, 0.5) is 5.69 Å². The molecule has 0 saturated heterocycles. The van der Waals surface area contributed by atoms with Crippen molar-refractivity contribution >= 4 is 39.7 Å². The number of thioether (sulfide) groups is 1. The summed E-state index contributed by atoms with van der Waals surface area (Å²) in [6.45, 7) is 2.08. The molecule has 3 rings (SSSR count). The maximum atomic E-state index is 12.0. The zero-order chi connectivity index (χ0) is 16.2. The summed E-state index contributed by atoms with van der Waals surface area (Å²) in [6.07, 6.45) is 2.07. The Balaban J connectivity index is 1.61. The Kier molecular flexibility index (Phi) is 4.68. The van der Waals surface area contributed by atoms with Crippen LogP contribution in [0.5, 0.6) is 0 Å². The summed E-state index contributed by atoms with van der Waals surface area (Å²) in [5.41, 5.74) is 1.65. The van der Waals surface area contributed by atoms with Gasteiger partial charge >= 0.3 is 0 Å².